The van der Waals surface area contributed by atoms with Gasteiger partial charge in [-0.1, -0.05) is 0 Å². The summed E-state index contributed by atoms with van der Waals surface area (Å²) >= 11 is 0. The number of esters is 2. The Morgan fingerprint density at radius 3 is 2.06 bits per heavy atom. The highest BCUT2D eigenvalue weighted by molar-refractivity contribution is 5.91. The highest BCUT2D eigenvalue weighted by Gasteiger charge is 2.02. The van der Waals surface area contributed by atoms with E-state index in [1.165, 1.54) is 0 Å². The second-order valence-electron chi connectivity index (χ2n) is 2.90. The van der Waals surface area contributed by atoms with Crippen molar-refractivity contribution in [3.63, 3.8) is 0 Å². The van der Waals surface area contributed by atoms with Gasteiger partial charge in [0.25, 0.3) is 0 Å². The van der Waals surface area contributed by atoms with Gasteiger partial charge in [0.2, 0.25) is 0 Å². The minimum atomic E-state index is -0.686. The molecule has 0 rings (SSSR count). The summed E-state index contributed by atoms with van der Waals surface area (Å²) in [5.41, 5.74) is 0. The molecule has 0 saturated carbocycles. The van der Waals surface area contributed by atoms with E-state index in [1.54, 1.807) is 13.8 Å². The number of carbonyl (C=O) groups excluding carboxylic acids is 3. The van der Waals surface area contributed by atoms with Gasteiger partial charge < -0.3 is 19.5 Å². The highest BCUT2D eigenvalue weighted by atomic mass is 16.6. The molecule has 0 aromatic carbocycles. The van der Waals surface area contributed by atoms with Crippen LogP contribution in [0.4, 0.5) is 4.79 Å². The molecule has 0 fully saturated rings. The summed E-state index contributed by atoms with van der Waals surface area (Å²) in [4.78, 5) is 32.7. The number of carbonyl (C=O) groups is 3. The fourth-order valence-corrected chi connectivity index (χ4v) is 0.861. The van der Waals surface area contributed by atoms with Crippen LogP contribution in [-0.2, 0) is 23.8 Å². The zero-order valence-electron chi connectivity index (χ0n) is 10.4. The van der Waals surface area contributed by atoms with Crippen LogP contribution in [0.2, 0.25) is 0 Å². The number of alkyl carbamates (subject to hydrolysis) is 1. The highest BCUT2D eigenvalue weighted by Crippen LogP contribution is 1.85. The van der Waals surface area contributed by atoms with Crippen LogP contribution in [0.3, 0.4) is 0 Å². The smallest absolute Gasteiger partial charge is 0.407 e. The maximum absolute atomic E-state index is 11.1. The molecular formula is C11H17NO6. The predicted molar refractivity (Wildman–Crippen MR) is 61.8 cm³/mol. The van der Waals surface area contributed by atoms with Gasteiger partial charge in [-0.15, -0.1) is 0 Å². The first-order chi connectivity index (χ1) is 8.60. The summed E-state index contributed by atoms with van der Waals surface area (Å²) in [6.45, 7) is 3.98. The first-order valence-electron chi connectivity index (χ1n) is 5.52. The number of hydrogen-bond acceptors (Lipinski definition) is 6. The Morgan fingerprint density at radius 2 is 1.50 bits per heavy atom. The quantitative estimate of drug-likeness (QED) is 0.308. The Bertz CT molecular complexity index is 313. The molecular weight excluding hydrogens is 242 g/mol. The van der Waals surface area contributed by atoms with Crippen molar-refractivity contribution in [3.8, 4) is 0 Å². The first-order valence-corrected chi connectivity index (χ1v) is 5.52. The maximum atomic E-state index is 11.1. The SMILES string of the molecule is CCOC(=O)/C=C/C(=O)OCCNC(=O)OCC. The van der Waals surface area contributed by atoms with Crippen molar-refractivity contribution in [2.24, 2.45) is 0 Å². The van der Waals surface area contributed by atoms with Gasteiger partial charge in [-0.25, -0.2) is 14.4 Å². The Hall–Kier alpha value is -2.05. The fraction of sp³-hybridized carbons (Fsp3) is 0.545. The van der Waals surface area contributed by atoms with Crippen LogP contribution in [0.15, 0.2) is 12.2 Å². The molecule has 0 bridgehead atoms. The van der Waals surface area contributed by atoms with Gasteiger partial charge in [0.1, 0.15) is 6.61 Å². The fourth-order valence-electron chi connectivity index (χ4n) is 0.861. The molecule has 0 aromatic rings. The van der Waals surface area contributed by atoms with Crippen LogP contribution in [0.25, 0.3) is 0 Å². The number of amides is 1. The normalized spacial score (nSPS) is 9.89. The summed E-state index contributed by atoms with van der Waals surface area (Å²) in [5.74, 6) is -1.30. The van der Waals surface area contributed by atoms with Crippen LogP contribution >= 0.6 is 0 Å². The van der Waals surface area contributed by atoms with Gasteiger partial charge in [-0.05, 0) is 13.8 Å². The molecule has 102 valence electrons. The van der Waals surface area contributed by atoms with E-state index in [0.717, 1.165) is 12.2 Å². The molecule has 0 aromatic heterocycles. The number of rotatable bonds is 7. The van der Waals surface area contributed by atoms with Gasteiger partial charge in [0.05, 0.1) is 19.8 Å². The van der Waals surface area contributed by atoms with E-state index in [2.05, 4.69) is 14.8 Å². The molecule has 0 aliphatic heterocycles. The van der Waals surface area contributed by atoms with Gasteiger partial charge in [-0.2, -0.15) is 0 Å². The van der Waals surface area contributed by atoms with Gasteiger partial charge >= 0.3 is 18.0 Å². The molecule has 0 atom stereocenters. The van der Waals surface area contributed by atoms with Crippen LogP contribution in [-0.4, -0.2) is 44.4 Å². The monoisotopic (exact) mass is 259 g/mol. The van der Waals surface area contributed by atoms with Crippen molar-refractivity contribution in [3.05, 3.63) is 12.2 Å². The average Bonchev–Trinajstić information content (AvgIpc) is 2.33. The van der Waals surface area contributed by atoms with Crippen molar-refractivity contribution >= 4 is 18.0 Å². The molecule has 0 spiro atoms. The standard InChI is InChI=1S/C11H17NO6/c1-3-16-9(13)5-6-10(14)18-8-7-12-11(15)17-4-2/h5-6H,3-4,7-8H2,1-2H3,(H,12,15)/b6-5+. The third kappa shape index (κ3) is 9.20. The lowest BCUT2D eigenvalue weighted by Crippen LogP contribution is -2.28. The van der Waals surface area contributed by atoms with Gasteiger partial charge in [-0.3, -0.25) is 0 Å². The number of hydrogen-bond donors (Lipinski definition) is 1. The third-order valence-corrected chi connectivity index (χ3v) is 1.53. The molecule has 0 saturated heterocycles. The molecule has 0 aliphatic carbocycles. The average molecular weight is 259 g/mol. The second-order valence-corrected chi connectivity index (χ2v) is 2.90. The van der Waals surface area contributed by atoms with E-state index in [-0.39, 0.29) is 26.4 Å². The van der Waals surface area contributed by atoms with E-state index < -0.39 is 18.0 Å². The lowest BCUT2D eigenvalue weighted by Gasteiger charge is -2.04. The summed E-state index contributed by atoms with van der Waals surface area (Å²) in [6.07, 6.45) is 1.36. The van der Waals surface area contributed by atoms with Gasteiger partial charge in [0.15, 0.2) is 0 Å². The molecule has 0 heterocycles. The van der Waals surface area contributed by atoms with Crippen LogP contribution in [0.5, 0.6) is 0 Å². The minimum Gasteiger partial charge on any atom is -0.463 e. The summed E-state index contributed by atoms with van der Waals surface area (Å²) < 4.78 is 13.9. The Labute approximate surface area is 105 Å². The summed E-state index contributed by atoms with van der Waals surface area (Å²) in [5, 5.41) is 2.37. The minimum absolute atomic E-state index is 0.00911. The Morgan fingerprint density at radius 1 is 0.944 bits per heavy atom. The lowest BCUT2D eigenvalue weighted by atomic mass is 10.5. The van der Waals surface area contributed by atoms with Gasteiger partial charge in [0, 0.05) is 12.2 Å². The maximum Gasteiger partial charge on any atom is 0.407 e. The van der Waals surface area contributed by atoms with Crippen molar-refractivity contribution in [1.29, 1.82) is 0 Å². The largest absolute Gasteiger partial charge is 0.463 e. The Kier molecular flexibility index (Phi) is 8.97. The van der Waals surface area contributed by atoms with E-state index >= 15 is 0 Å². The Balaban J connectivity index is 3.65. The van der Waals surface area contributed by atoms with E-state index in [0.29, 0.717) is 0 Å². The molecule has 7 nitrogen and oxygen atoms in total. The van der Waals surface area contributed by atoms with E-state index in [4.69, 9.17) is 4.74 Å². The second kappa shape index (κ2) is 10.1. The number of nitrogens with one attached hydrogen (secondary N) is 1. The van der Waals surface area contributed by atoms with Crippen LogP contribution in [0, 0.1) is 0 Å². The molecule has 1 N–H and O–H groups in total. The first kappa shape index (κ1) is 16.0. The molecule has 0 radical (unpaired) electrons. The van der Waals surface area contributed by atoms with Crippen molar-refractivity contribution in [2.75, 3.05) is 26.4 Å². The topological polar surface area (TPSA) is 90.9 Å². The number of ether oxygens (including phenoxy) is 3. The zero-order chi connectivity index (χ0) is 13.8. The van der Waals surface area contributed by atoms with E-state index in [9.17, 15) is 14.4 Å². The summed E-state index contributed by atoms with van der Waals surface area (Å²) in [6, 6.07) is 0. The molecule has 1 amide bonds. The summed E-state index contributed by atoms with van der Waals surface area (Å²) in [7, 11) is 0. The van der Waals surface area contributed by atoms with E-state index in [1.807, 2.05) is 0 Å². The van der Waals surface area contributed by atoms with Crippen LogP contribution < -0.4 is 5.32 Å². The molecule has 0 unspecified atom stereocenters. The lowest BCUT2D eigenvalue weighted by molar-refractivity contribution is -0.140. The third-order valence-electron chi connectivity index (χ3n) is 1.53. The van der Waals surface area contributed by atoms with Crippen molar-refractivity contribution < 1.29 is 28.6 Å². The zero-order valence-corrected chi connectivity index (χ0v) is 10.4. The molecule has 7 heteroatoms. The molecule has 0 aliphatic rings. The predicted octanol–water partition coefficient (Wildman–Crippen LogP) is 0.395. The van der Waals surface area contributed by atoms with Crippen molar-refractivity contribution in [1.82, 2.24) is 5.32 Å². The molecule has 18 heavy (non-hydrogen) atoms. The van der Waals surface area contributed by atoms with Crippen molar-refractivity contribution in [2.45, 2.75) is 13.8 Å². The van der Waals surface area contributed by atoms with Crippen LogP contribution in [0.1, 0.15) is 13.8 Å².